The number of hydrogen-bond donors (Lipinski definition) is 1. The van der Waals surface area contributed by atoms with Gasteiger partial charge in [-0.2, -0.15) is 0 Å². The summed E-state index contributed by atoms with van der Waals surface area (Å²) in [6, 6.07) is 15.6. The number of halogens is 1. The first kappa shape index (κ1) is 12.1. The molecule has 0 atom stereocenters. The number of nitrogens with one attached hydrogen (secondary N) is 1. The second kappa shape index (κ2) is 4.94. The van der Waals surface area contributed by atoms with Gasteiger partial charge in [0, 0.05) is 23.7 Å². The normalized spacial score (nSPS) is 14.6. The van der Waals surface area contributed by atoms with Crippen LogP contribution >= 0.6 is 11.6 Å². The molecule has 1 aliphatic heterocycles. The summed E-state index contributed by atoms with van der Waals surface area (Å²) in [5, 5.41) is 3.52. The summed E-state index contributed by atoms with van der Waals surface area (Å²) in [5.74, 6) is 0.0157. The lowest BCUT2D eigenvalue weighted by Crippen LogP contribution is -2.18. The van der Waals surface area contributed by atoms with E-state index >= 15 is 0 Å². The van der Waals surface area contributed by atoms with Crippen molar-refractivity contribution in [3.63, 3.8) is 0 Å². The Bertz CT molecular complexity index is 613. The topological polar surface area (TPSA) is 32.3 Å². The Balaban J connectivity index is 2.10. The molecule has 2 aromatic rings. The van der Waals surface area contributed by atoms with Crippen molar-refractivity contribution in [1.82, 2.24) is 0 Å². The fourth-order valence-corrected chi connectivity index (χ4v) is 2.44. The monoisotopic (exact) mass is 272 g/mol. The standard InChI is InChI=1S/C15H13ClN2O/c16-11-6-7-14-13(10-11)17-15(19)8-9-18(14)12-4-2-1-3-5-12/h1-7,10H,8-9H2,(H,17,19). The van der Waals surface area contributed by atoms with Gasteiger partial charge in [-0.15, -0.1) is 0 Å². The predicted octanol–water partition coefficient (Wildman–Crippen LogP) is 3.82. The van der Waals surface area contributed by atoms with E-state index in [-0.39, 0.29) is 5.91 Å². The van der Waals surface area contributed by atoms with E-state index in [1.165, 1.54) is 0 Å². The molecule has 0 spiro atoms. The Labute approximate surface area is 116 Å². The number of carbonyl (C=O) groups is 1. The van der Waals surface area contributed by atoms with Gasteiger partial charge in [-0.3, -0.25) is 4.79 Å². The third kappa shape index (κ3) is 2.42. The lowest BCUT2D eigenvalue weighted by atomic mass is 10.2. The van der Waals surface area contributed by atoms with Crippen LogP contribution in [0, 0.1) is 0 Å². The van der Waals surface area contributed by atoms with Gasteiger partial charge in [-0.1, -0.05) is 29.8 Å². The fraction of sp³-hybridized carbons (Fsp3) is 0.133. The van der Waals surface area contributed by atoms with Crippen molar-refractivity contribution in [1.29, 1.82) is 0 Å². The summed E-state index contributed by atoms with van der Waals surface area (Å²) in [4.78, 5) is 13.9. The first-order valence-electron chi connectivity index (χ1n) is 6.16. The highest BCUT2D eigenvalue weighted by Gasteiger charge is 2.20. The smallest absolute Gasteiger partial charge is 0.226 e. The molecule has 0 unspecified atom stereocenters. The van der Waals surface area contributed by atoms with Crippen LogP contribution in [0.3, 0.4) is 0 Å². The molecular weight excluding hydrogens is 260 g/mol. The zero-order valence-electron chi connectivity index (χ0n) is 10.3. The van der Waals surface area contributed by atoms with E-state index in [1.807, 2.05) is 42.5 Å². The maximum Gasteiger partial charge on any atom is 0.226 e. The molecule has 0 radical (unpaired) electrons. The molecule has 2 aromatic carbocycles. The summed E-state index contributed by atoms with van der Waals surface area (Å²) in [6.07, 6.45) is 0.460. The Morgan fingerprint density at radius 3 is 2.68 bits per heavy atom. The number of hydrogen-bond acceptors (Lipinski definition) is 2. The van der Waals surface area contributed by atoms with Crippen molar-refractivity contribution < 1.29 is 4.79 Å². The fourth-order valence-electron chi connectivity index (χ4n) is 2.27. The minimum Gasteiger partial charge on any atom is -0.339 e. The number of rotatable bonds is 1. The Hall–Kier alpha value is -2.00. The Morgan fingerprint density at radius 1 is 1.11 bits per heavy atom. The van der Waals surface area contributed by atoms with Gasteiger partial charge < -0.3 is 10.2 Å². The van der Waals surface area contributed by atoms with Gasteiger partial charge in [0.15, 0.2) is 0 Å². The van der Waals surface area contributed by atoms with Crippen LogP contribution in [0.15, 0.2) is 48.5 Å². The van der Waals surface area contributed by atoms with Gasteiger partial charge in [-0.05, 0) is 30.3 Å². The summed E-state index contributed by atoms with van der Waals surface area (Å²) in [5.41, 5.74) is 2.81. The van der Waals surface area contributed by atoms with Crippen LogP contribution in [0.25, 0.3) is 0 Å². The van der Waals surface area contributed by atoms with E-state index in [1.54, 1.807) is 6.07 Å². The zero-order chi connectivity index (χ0) is 13.2. The second-order valence-electron chi connectivity index (χ2n) is 4.45. The van der Waals surface area contributed by atoms with Crippen LogP contribution in [-0.2, 0) is 4.79 Å². The van der Waals surface area contributed by atoms with Gasteiger partial charge in [0.1, 0.15) is 0 Å². The van der Waals surface area contributed by atoms with Crippen molar-refractivity contribution in [2.24, 2.45) is 0 Å². The molecule has 96 valence electrons. The number of benzene rings is 2. The molecule has 0 saturated carbocycles. The summed E-state index contributed by atoms with van der Waals surface area (Å²) >= 11 is 6.00. The minimum atomic E-state index is 0.0157. The Morgan fingerprint density at radius 2 is 1.89 bits per heavy atom. The van der Waals surface area contributed by atoms with Crippen LogP contribution < -0.4 is 10.2 Å². The van der Waals surface area contributed by atoms with Gasteiger partial charge >= 0.3 is 0 Å². The SMILES string of the molecule is O=C1CCN(c2ccccc2)c2ccc(Cl)cc2N1. The third-order valence-electron chi connectivity index (χ3n) is 3.15. The van der Waals surface area contributed by atoms with Crippen LogP contribution in [0.5, 0.6) is 0 Å². The summed E-state index contributed by atoms with van der Waals surface area (Å²) in [6.45, 7) is 0.657. The molecule has 0 aromatic heterocycles. The highest BCUT2D eigenvalue weighted by Crippen LogP contribution is 2.35. The van der Waals surface area contributed by atoms with Crippen LogP contribution in [-0.4, -0.2) is 12.5 Å². The average molecular weight is 273 g/mol. The van der Waals surface area contributed by atoms with Gasteiger partial charge in [0.2, 0.25) is 5.91 Å². The average Bonchev–Trinajstić information content (AvgIpc) is 2.57. The highest BCUT2D eigenvalue weighted by atomic mass is 35.5. The maximum absolute atomic E-state index is 11.8. The molecule has 4 heteroatoms. The van der Waals surface area contributed by atoms with E-state index in [9.17, 15) is 4.79 Å². The molecule has 1 aliphatic rings. The quantitative estimate of drug-likeness (QED) is 0.856. The molecule has 0 fully saturated rings. The van der Waals surface area contributed by atoms with E-state index in [0.717, 1.165) is 17.1 Å². The number of para-hydroxylation sites is 1. The molecule has 1 amide bonds. The number of carbonyl (C=O) groups excluding carboxylic acids is 1. The van der Waals surface area contributed by atoms with E-state index in [0.29, 0.717) is 18.0 Å². The van der Waals surface area contributed by atoms with Crippen molar-refractivity contribution in [3.05, 3.63) is 53.6 Å². The third-order valence-corrected chi connectivity index (χ3v) is 3.39. The first-order chi connectivity index (χ1) is 9.24. The Kier molecular flexibility index (Phi) is 3.13. The number of nitrogens with zero attached hydrogens (tertiary/aromatic N) is 1. The van der Waals surface area contributed by atoms with Crippen molar-refractivity contribution in [2.45, 2.75) is 6.42 Å². The number of amides is 1. The predicted molar refractivity (Wildman–Crippen MR) is 78.1 cm³/mol. The van der Waals surface area contributed by atoms with Crippen LogP contribution in [0.2, 0.25) is 5.02 Å². The van der Waals surface area contributed by atoms with Crippen LogP contribution in [0.4, 0.5) is 17.1 Å². The zero-order valence-corrected chi connectivity index (χ0v) is 11.0. The van der Waals surface area contributed by atoms with Crippen molar-refractivity contribution in [2.75, 3.05) is 16.8 Å². The molecule has 19 heavy (non-hydrogen) atoms. The molecule has 3 rings (SSSR count). The molecule has 1 N–H and O–H groups in total. The molecule has 1 heterocycles. The lowest BCUT2D eigenvalue weighted by Gasteiger charge is -2.24. The van der Waals surface area contributed by atoms with Crippen molar-refractivity contribution in [3.8, 4) is 0 Å². The molecule has 0 bridgehead atoms. The van der Waals surface area contributed by atoms with E-state index < -0.39 is 0 Å². The van der Waals surface area contributed by atoms with Crippen molar-refractivity contribution >= 4 is 34.6 Å². The molecule has 0 aliphatic carbocycles. The number of anilines is 3. The second-order valence-corrected chi connectivity index (χ2v) is 4.88. The van der Waals surface area contributed by atoms with Gasteiger partial charge in [0.25, 0.3) is 0 Å². The van der Waals surface area contributed by atoms with E-state index in [4.69, 9.17) is 11.6 Å². The van der Waals surface area contributed by atoms with E-state index in [2.05, 4.69) is 10.2 Å². The van der Waals surface area contributed by atoms with Crippen LogP contribution in [0.1, 0.15) is 6.42 Å². The maximum atomic E-state index is 11.8. The molecule has 3 nitrogen and oxygen atoms in total. The lowest BCUT2D eigenvalue weighted by molar-refractivity contribution is -0.115. The molecular formula is C15H13ClN2O. The minimum absolute atomic E-state index is 0.0157. The summed E-state index contributed by atoms with van der Waals surface area (Å²) < 4.78 is 0. The number of fused-ring (bicyclic) bond motifs is 1. The summed E-state index contributed by atoms with van der Waals surface area (Å²) in [7, 11) is 0. The highest BCUT2D eigenvalue weighted by molar-refractivity contribution is 6.31. The first-order valence-corrected chi connectivity index (χ1v) is 6.54. The van der Waals surface area contributed by atoms with Gasteiger partial charge in [0.05, 0.1) is 11.4 Å². The van der Waals surface area contributed by atoms with Gasteiger partial charge in [-0.25, -0.2) is 0 Å². The largest absolute Gasteiger partial charge is 0.339 e. The molecule has 0 saturated heterocycles.